The summed E-state index contributed by atoms with van der Waals surface area (Å²) >= 11 is 0. The molecule has 2 aliphatic rings. The SMILES string of the molecule is O=C(c1ccnnc1)N1CCCC2(CCCNC2)C1. The van der Waals surface area contributed by atoms with Gasteiger partial charge in [-0.1, -0.05) is 0 Å². The fraction of sp³-hybridized carbons (Fsp3) is 0.643. The normalized spacial score (nSPS) is 27.5. The number of nitrogens with one attached hydrogen (secondary N) is 1. The van der Waals surface area contributed by atoms with Crippen molar-refractivity contribution in [2.45, 2.75) is 25.7 Å². The zero-order valence-corrected chi connectivity index (χ0v) is 11.1. The zero-order chi connectivity index (χ0) is 13.1. The minimum absolute atomic E-state index is 0.0968. The lowest BCUT2D eigenvalue weighted by atomic mass is 9.74. The third-order valence-electron chi connectivity index (χ3n) is 4.34. The standard InChI is InChI=1S/C14H20N4O/c19-13(12-3-7-16-17-9-12)18-8-2-5-14(11-18)4-1-6-15-10-14/h3,7,9,15H,1-2,4-6,8,10-11H2. The Morgan fingerprint density at radius 2 is 2.21 bits per heavy atom. The van der Waals surface area contributed by atoms with Crippen LogP contribution in [0.25, 0.3) is 0 Å². The average molecular weight is 260 g/mol. The summed E-state index contributed by atoms with van der Waals surface area (Å²) in [6, 6.07) is 1.75. The molecule has 0 bridgehead atoms. The monoisotopic (exact) mass is 260 g/mol. The van der Waals surface area contributed by atoms with E-state index < -0.39 is 0 Å². The van der Waals surface area contributed by atoms with Crippen LogP contribution < -0.4 is 5.32 Å². The summed E-state index contributed by atoms with van der Waals surface area (Å²) < 4.78 is 0. The molecule has 2 fully saturated rings. The molecule has 0 aromatic carbocycles. The summed E-state index contributed by atoms with van der Waals surface area (Å²) in [5.41, 5.74) is 0.947. The van der Waals surface area contributed by atoms with E-state index in [0.717, 1.165) is 32.6 Å². The second kappa shape index (κ2) is 5.25. The molecule has 1 aromatic heterocycles. The second-order valence-corrected chi connectivity index (χ2v) is 5.74. The van der Waals surface area contributed by atoms with Gasteiger partial charge in [0.15, 0.2) is 0 Å². The van der Waals surface area contributed by atoms with E-state index in [0.29, 0.717) is 11.0 Å². The van der Waals surface area contributed by atoms with Crippen molar-refractivity contribution >= 4 is 5.91 Å². The third-order valence-corrected chi connectivity index (χ3v) is 4.34. The number of aromatic nitrogens is 2. The fourth-order valence-electron chi connectivity index (χ4n) is 3.36. The van der Waals surface area contributed by atoms with E-state index in [1.54, 1.807) is 18.5 Å². The zero-order valence-electron chi connectivity index (χ0n) is 11.1. The van der Waals surface area contributed by atoms with Crippen molar-refractivity contribution in [1.82, 2.24) is 20.4 Å². The molecule has 1 unspecified atom stereocenters. The van der Waals surface area contributed by atoms with Gasteiger partial charge in [-0.25, -0.2) is 0 Å². The van der Waals surface area contributed by atoms with Crippen LogP contribution in [0.15, 0.2) is 18.5 Å². The second-order valence-electron chi connectivity index (χ2n) is 5.74. The predicted molar refractivity (Wildman–Crippen MR) is 71.7 cm³/mol. The molecule has 102 valence electrons. The number of hydrogen-bond acceptors (Lipinski definition) is 4. The lowest BCUT2D eigenvalue weighted by molar-refractivity contribution is 0.0433. The van der Waals surface area contributed by atoms with Crippen LogP contribution in [0.1, 0.15) is 36.0 Å². The van der Waals surface area contributed by atoms with E-state index in [9.17, 15) is 4.79 Å². The highest BCUT2D eigenvalue weighted by molar-refractivity contribution is 5.93. The first-order chi connectivity index (χ1) is 9.29. The molecular formula is C14H20N4O. The maximum absolute atomic E-state index is 12.5. The number of likely N-dealkylation sites (tertiary alicyclic amines) is 1. The Labute approximate surface area is 113 Å². The van der Waals surface area contributed by atoms with Crippen LogP contribution in [0.3, 0.4) is 0 Å². The number of rotatable bonds is 1. The highest BCUT2D eigenvalue weighted by Gasteiger charge is 2.38. The van der Waals surface area contributed by atoms with Gasteiger partial charge in [0, 0.05) is 25.0 Å². The summed E-state index contributed by atoms with van der Waals surface area (Å²) in [4.78, 5) is 14.5. The molecule has 5 nitrogen and oxygen atoms in total. The predicted octanol–water partition coefficient (Wildman–Crippen LogP) is 1.08. The van der Waals surface area contributed by atoms with Crippen molar-refractivity contribution in [3.63, 3.8) is 0 Å². The van der Waals surface area contributed by atoms with Gasteiger partial charge < -0.3 is 10.2 Å². The van der Waals surface area contributed by atoms with Crippen LogP contribution in [-0.4, -0.2) is 47.2 Å². The number of piperidine rings is 2. The van der Waals surface area contributed by atoms with Crippen molar-refractivity contribution in [2.24, 2.45) is 5.41 Å². The molecule has 19 heavy (non-hydrogen) atoms. The van der Waals surface area contributed by atoms with E-state index in [-0.39, 0.29) is 5.91 Å². The number of nitrogens with zero attached hydrogens (tertiary/aromatic N) is 3. The molecule has 0 radical (unpaired) electrons. The Morgan fingerprint density at radius 1 is 1.32 bits per heavy atom. The molecule has 3 rings (SSSR count). The molecule has 2 aliphatic heterocycles. The summed E-state index contributed by atoms with van der Waals surface area (Å²) in [6.07, 6.45) is 7.93. The van der Waals surface area contributed by atoms with Crippen molar-refractivity contribution in [2.75, 3.05) is 26.2 Å². The summed E-state index contributed by atoms with van der Waals surface area (Å²) in [6.45, 7) is 3.90. The number of carbonyl (C=O) groups is 1. The van der Waals surface area contributed by atoms with Crippen LogP contribution in [0, 0.1) is 5.41 Å². The van der Waals surface area contributed by atoms with Crippen LogP contribution in [0.4, 0.5) is 0 Å². The Morgan fingerprint density at radius 3 is 2.95 bits per heavy atom. The maximum Gasteiger partial charge on any atom is 0.255 e. The molecule has 1 spiro atoms. The maximum atomic E-state index is 12.5. The first kappa shape index (κ1) is 12.5. The average Bonchev–Trinajstić information content (AvgIpc) is 2.48. The number of amides is 1. The van der Waals surface area contributed by atoms with Gasteiger partial charge in [0.1, 0.15) is 0 Å². The minimum atomic E-state index is 0.0968. The minimum Gasteiger partial charge on any atom is -0.338 e. The van der Waals surface area contributed by atoms with E-state index in [4.69, 9.17) is 0 Å². The molecule has 1 atom stereocenters. The quantitative estimate of drug-likeness (QED) is 0.821. The first-order valence-electron chi connectivity index (χ1n) is 7.06. The lowest BCUT2D eigenvalue weighted by Gasteiger charge is -2.45. The molecule has 1 N–H and O–H groups in total. The van der Waals surface area contributed by atoms with E-state index in [1.807, 2.05) is 4.90 Å². The number of hydrogen-bond donors (Lipinski definition) is 1. The Hall–Kier alpha value is -1.49. The largest absolute Gasteiger partial charge is 0.338 e. The molecule has 3 heterocycles. The van der Waals surface area contributed by atoms with Gasteiger partial charge in [0.2, 0.25) is 0 Å². The molecule has 5 heteroatoms. The van der Waals surface area contributed by atoms with Crippen molar-refractivity contribution in [1.29, 1.82) is 0 Å². The van der Waals surface area contributed by atoms with Gasteiger partial charge in [-0.05, 0) is 38.3 Å². The molecule has 0 saturated carbocycles. The Balaban J connectivity index is 1.73. The van der Waals surface area contributed by atoms with Crippen LogP contribution in [0.2, 0.25) is 0 Å². The molecule has 0 aliphatic carbocycles. The van der Waals surface area contributed by atoms with E-state index in [1.165, 1.54) is 19.3 Å². The third kappa shape index (κ3) is 2.61. The highest BCUT2D eigenvalue weighted by atomic mass is 16.2. The van der Waals surface area contributed by atoms with Gasteiger partial charge in [-0.15, -0.1) is 0 Å². The first-order valence-corrected chi connectivity index (χ1v) is 7.06. The summed E-state index contributed by atoms with van der Waals surface area (Å²) in [5, 5.41) is 11.0. The van der Waals surface area contributed by atoms with Gasteiger partial charge in [-0.2, -0.15) is 10.2 Å². The lowest BCUT2D eigenvalue weighted by Crippen LogP contribution is -2.52. The van der Waals surface area contributed by atoms with Gasteiger partial charge in [0.25, 0.3) is 5.91 Å². The Kier molecular flexibility index (Phi) is 3.46. The van der Waals surface area contributed by atoms with E-state index >= 15 is 0 Å². The summed E-state index contributed by atoms with van der Waals surface area (Å²) in [5.74, 6) is 0.0968. The summed E-state index contributed by atoms with van der Waals surface area (Å²) in [7, 11) is 0. The van der Waals surface area contributed by atoms with Crippen molar-refractivity contribution in [3.05, 3.63) is 24.0 Å². The van der Waals surface area contributed by atoms with Crippen LogP contribution >= 0.6 is 0 Å². The van der Waals surface area contributed by atoms with Gasteiger partial charge >= 0.3 is 0 Å². The number of carbonyl (C=O) groups excluding carboxylic acids is 1. The Bertz CT molecular complexity index is 437. The van der Waals surface area contributed by atoms with Crippen LogP contribution in [-0.2, 0) is 0 Å². The van der Waals surface area contributed by atoms with Crippen molar-refractivity contribution < 1.29 is 4.79 Å². The van der Waals surface area contributed by atoms with Gasteiger partial charge in [0.05, 0.1) is 18.0 Å². The smallest absolute Gasteiger partial charge is 0.255 e. The topological polar surface area (TPSA) is 58.1 Å². The molecular weight excluding hydrogens is 240 g/mol. The molecule has 1 aromatic rings. The van der Waals surface area contributed by atoms with Crippen LogP contribution in [0.5, 0.6) is 0 Å². The van der Waals surface area contributed by atoms with Gasteiger partial charge in [-0.3, -0.25) is 4.79 Å². The molecule has 2 saturated heterocycles. The molecule has 1 amide bonds. The fourth-order valence-corrected chi connectivity index (χ4v) is 3.36. The highest BCUT2D eigenvalue weighted by Crippen LogP contribution is 2.36. The van der Waals surface area contributed by atoms with E-state index in [2.05, 4.69) is 15.5 Å². The van der Waals surface area contributed by atoms with Crippen molar-refractivity contribution in [3.8, 4) is 0 Å².